The molecule has 0 radical (unpaired) electrons. The number of rotatable bonds is 5. The van der Waals surface area contributed by atoms with Crippen LogP contribution in [0.3, 0.4) is 0 Å². The SMILES string of the molecule is CCn1nnc2cc(C(=O)NCc3ccccc3OC(F)(F)F)ccc21. The van der Waals surface area contributed by atoms with Crippen molar-refractivity contribution in [3.63, 3.8) is 0 Å². The summed E-state index contributed by atoms with van der Waals surface area (Å²) < 4.78 is 43.0. The molecule has 136 valence electrons. The number of alkyl halides is 3. The number of halogens is 3. The van der Waals surface area contributed by atoms with E-state index >= 15 is 0 Å². The molecule has 26 heavy (non-hydrogen) atoms. The van der Waals surface area contributed by atoms with Crippen molar-refractivity contribution in [3.8, 4) is 5.75 Å². The monoisotopic (exact) mass is 364 g/mol. The summed E-state index contributed by atoms with van der Waals surface area (Å²) in [4.78, 5) is 12.3. The maximum absolute atomic E-state index is 12.4. The lowest BCUT2D eigenvalue weighted by Crippen LogP contribution is -2.24. The highest BCUT2D eigenvalue weighted by molar-refractivity contribution is 5.97. The van der Waals surface area contributed by atoms with Crippen LogP contribution in [0.4, 0.5) is 13.2 Å². The lowest BCUT2D eigenvalue weighted by Gasteiger charge is -2.13. The Morgan fingerprint density at radius 2 is 2.00 bits per heavy atom. The molecule has 1 N–H and O–H groups in total. The van der Waals surface area contributed by atoms with Gasteiger partial charge in [0.05, 0.1) is 5.52 Å². The number of aromatic nitrogens is 3. The van der Waals surface area contributed by atoms with Crippen LogP contribution in [0.15, 0.2) is 42.5 Å². The van der Waals surface area contributed by atoms with Crippen molar-refractivity contribution < 1.29 is 22.7 Å². The van der Waals surface area contributed by atoms with Gasteiger partial charge in [0, 0.05) is 24.2 Å². The second kappa shape index (κ2) is 7.03. The first-order chi connectivity index (χ1) is 12.4. The Morgan fingerprint density at radius 3 is 2.73 bits per heavy atom. The predicted molar refractivity (Wildman–Crippen MR) is 87.5 cm³/mol. The molecular formula is C17H15F3N4O2. The molecule has 6 nitrogen and oxygen atoms in total. The molecule has 3 aromatic rings. The van der Waals surface area contributed by atoms with E-state index < -0.39 is 12.3 Å². The molecular weight excluding hydrogens is 349 g/mol. The second-order valence-corrected chi connectivity index (χ2v) is 5.45. The number of ether oxygens (including phenoxy) is 1. The Kier molecular flexibility index (Phi) is 4.79. The molecule has 1 aromatic heterocycles. The van der Waals surface area contributed by atoms with E-state index in [1.165, 1.54) is 18.2 Å². The maximum Gasteiger partial charge on any atom is 0.573 e. The third kappa shape index (κ3) is 3.93. The van der Waals surface area contributed by atoms with Crippen molar-refractivity contribution >= 4 is 16.9 Å². The van der Waals surface area contributed by atoms with Crippen LogP contribution in [0.5, 0.6) is 5.75 Å². The minimum Gasteiger partial charge on any atom is -0.405 e. The number of aryl methyl sites for hydroxylation is 1. The average molecular weight is 364 g/mol. The highest BCUT2D eigenvalue weighted by atomic mass is 19.4. The van der Waals surface area contributed by atoms with Crippen LogP contribution in [-0.2, 0) is 13.1 Å². The van der Waals surface area contributed by atoms with Gasteiger partial charge in [-0.05, 0) is 31.2 Å². The molecule has 2 aromatic carbocycles. The van der Waals surface area contributed by atoms with Crippen LogP contribution < -0.4 is 10.1 Å². The molecule has 0 fully saturated rings. The van der Waals surface area contributed by atoms with E-state index in [4.69, 9.17) is 0 Å². The van der Waals surface area contributed by atoms with Gasteiger partial charge >= 0.3 is 6.36 Å². The van der Waals surface area contributed by atoms with E-state index in [9.17, 15) is 18.0 Å². The third-order valence-corrected chi connectivity index (χ3v) is 3.71. The van der Waals surface area contributed by atoms with Crippen molar-refractivity contribution in [1.82, 2.24) is 20.3 Å². The number of fused-ring (bicyclic) bond motifs is 1. The predicted octanol–water partition coefficient (Wildman–Crippen LogP) is 3.28. The van der Waals surface area contributed by atoms with Crippen molar-refractivity contribution in [2.75, 3.05) is 0 Å². The number of para-hydroxylation sites is 1. The summed E-state index contributed by atoms with van der Waals surface area (Å²) in [5.41, 5.74) is 1.93. The zero-order chi connectivity index (χ0) is 18.7. The summed E-state index contributed by atoms with van der Waals surface area (Å²) in [6.07, 6.45) is -4.80. The Balaban J connectivity index is 1.73. The zero-order valence-electron chi connectivity index (χ0n) is 13.7. The van der Waals surface area contributed by atoms with E-state index in [1.807, 2.05) is 6.92 Å². The number of nitrogens with one attached hydrogen (secondary N) is 1. The van der Waals surface area contributed by atoms with Gasteiger partial charge in [-0.1, -0.05) is 23.4 Å². The first-order valence-electron chi connectivity index (χ1n) is 7.82. The Hall–Kier alpha value is -3.10. The topological polar surface area (TPSA) is 69.0 Å². The number of carbonyl (C=O) groups is 1. The normalized spacial score (nSPS) is 11.5. The lowest BCUT2D eigenvalue weighted by molar-refractivity contribution is -0.274. The summed E-state index contributed by atoms with van der Waals surface area (Å²) in [7, 11) is 0. The quantitative estimate of drug-likeness (QED) is 0.754. The fraction of sp³-hybridized carbons (Fsp3) is 0.235. The number of hydrogen-bond acceptors (Lipinski definition) is 4. The van der Waals surface area contributed by atoms with Gasteiger partial charge in [0.25, 0.3) is 5.91 Å². The van der Waals surface area contributed by atoms with Crippen LogP contribution in [0.1, 0.15) is 22.8 Å². The van der Waals surface area contributed by atoms with Gasteiger partial charge in [0.15, 0.2) is 0 Å². The van der Waals surface area contributed by atoms with Gasteiger partial charge < -0.3 is 10.1 Å². The lowest BCUT2D eigenvalue weighted by atomic mass is 10.1. The fourth-order valence-electron chi connectivity index (χ4n) is 2.50. The Morgan fingerprint density at radius 1 is 1.23 bits per heavy atom. The first-order valence-corrected chi connectivity index (χ1v) is 7.82. The molecule has 0 spiro atoms. The molecule has 0 aliphatic heterocycles. The first kappa shape index (κ1) is 17.7. The highest BCUT2D eigenvalue weighted by Crippen LogP contribution is 2.26. The van der Waals surface area contributed by atoms with Crippen molar-refractivity contribution in [2.24, 2.45) is 0 Å². The van der Waals surface area contributed by atoms with Crippen molar-refractivity contribution in [3.05, 3.63) is 53.6 Å². The minimum atomic E-state index is -4.80. The summed E-state index contributed by atoms with van der Waals surface area (Å²) >= 11 is 0. The standard InChI is InChI=1S/C17H15F3N4O2/c1-2-24-14-8-7-11(9-13(14)22-23-24)16(25)21-10-12-5-3-4-6-15(12)26-17(18,19)20/h3-9H,2,10H2,1H3,(H,21,25). The van der Waals surface area contributed by atoms with E-state index in [0.717, 1.165) is 5.52 Å². The summed E-state index contributed by atoms with van der Waals surface area (Å²) in [6.45, 7) is 2.47. The van der Waals surface area contributed by atoms with E-state index in [1.54, 1.807) is 28.9 Å². The van der Waals surface area contributed by atoms with Gasteiger partial charge in [0.1, 0.15) is 11.3 Å². The molecule has 0 bridgehead atoms. The van der Waals surface area contributed by atoms with Gasteiger partial charge in [-0.25, -0.2) is 4.68 Å². The molecule has 0 aliphatic rings. The zero-order valence-corrected chi connectivity index (χ0v) is 13.7. The Labute approximate surface area is 146 Å². The van der Waals surface area contributed by atoms with Crippen molar-refractivity contribution in [2.45, 2.75) is 26.4 Å². The highest BCUT2D eigenvalue weighted by Gasteiger charge is 2.32. The van der Waals surface area contributed by atoms with Crippen LogP contribution in [0, 0.1) is 0 Å². The summed E-state index contributed by atoms with van der Waals surface area (Å²) in [5, 5.41) is 10.5. The second-order valence-electron chi connectivity index (χ2n) is 5.45. The van der Waals surface area contributed by atoms with Gasteiger partial charge in [0.2, 0.25) is 0 Å². The Bertz CT molecular complexity index is 937. The molecule has 0 atom stereocenters. The molecule has 1 amide bonds. The average Bonchev–Trinajstić information content (AvgIpc) is 3.01. The molecule has 0 aliphatic carbocycles. The van der Waals surface area contributed by atoms with Gasteiger partial charge in [-0.15, -0.1) is 18.3 Å². The van der Waals surface area contributed by atoms with E-state index in [0.29, 0.717) is 17.6 Å². The minimum absolute atomic E-state index is 0.106. The van der Waals surface area contributed by atoms with Crippen LogP contribution >= 0.6 is 0 Å². The number of hydrogen-bond donors (Lipinski definition) is 1. The molecule has 0 saturated carbocycles. The number of nitrogens with zero attached hydrogens (tertiary/aromatic N) is 3. The molecule has 3 rings (SSSR count). The molecule has 0 saturated heterocycles. The summed E-state index contributed by atoms with van der Waals surface area (Å²) in [6, 6.07) is 10.6. The van der Waals surface area contributed by atoms with E-state index in [-0.39, 0.29) is 17.9 Å². The van der Waals surface area contributed by atoms with Gasteiger partial charge in [-0.2, -0.15) is 0 Å². The molecule has 9 heteroatoms. The number of benzene rings is 2. The van der Waals surface area contributed by atoms with Crippen LogP contribution in [-0.4, -0.2) is 27.3 Å². The number of carbonyl (C=O) groups excluding carboxylic acids is 1. The molecule has 1 heterocycles. The summed E-state index contributed by atoms with van der Waals surface area (Å²) in [5.74, 6) is -0.776. The van der Waals surface area contributed by atoms with Gasteiger partial charge in [-0.3, -0.25) is 4.79 Å². The van der Waals surface area contributed by atoms with Crippen molar-refractivity contribution in [1.29, 1.82) is 0 Å². The third-order valence-electron chi connectivity index (χ3n) is 3.71. The fourth-order valence-corrected chi connectivity index (χ4v) is 2.50. The van der Waals surface area contributed by atoms with E-state index in [2.05, 4.69) is 20.4 Å². The largest absolute Gasteiger partial charge is 0.573 e. The van der Waals surface area contributed by atoms with Crippen LogP contribution in [0.25, 0.3) is 11.0 Å². The van der Waals surface area contributed by atoms with Crippen LogP contribution in [0.2, 0.25) is 0 Å². The maximum atomic E-state index is 12.4. The smallest absolute Gasteiger partial charge is 0.405 e. The molecule has 0 unspecified atom stereocenters. The number of amides is 1.